The van der Waals surface area contributed by atoms with Crippen LogP contribution in [0.5, 0.6) is 5.75 Å². The topological polar surface area (TPSA) is 143 Å². The van der Waals surface area contributed by atoms with Crippen LogP contribution in [-0.4, -0.2) is 51.4 Å². The molecule has 2 amide bonds. The predicted molar refractivity (Wildman–Crippen MR) is 137 cm³/mol. The molecule has 0 aliphatic rings. The van der Waals surface area contributed by atoms with Crippen molar-refractivity contribution in [1.82, 2.24) is 20.5 Å². The van der Waals surface area contributed by atoms with E-state index in [1.54, 1.807) is 19.9 Å². The number of aromatic amines is 1. The number of pyridine rings is 1. The lowest BCUT2D eigenvalue weighted by atomic mass is 9.93. The first-order chi connectivity index (χ1) is 18.9. The van der Waals surface area contributed by atoms with Crippen LogP contribution in [-0.2, 0) is 16.8 Å². The van der Waals surface area contributed by atoms with Crippen LogP contribution in [0.4, 0.5) is 17.6 Å². The van der Waals surface area contributed by atoms with Gasteiger partial charge in [0.15, 0.2) is 0 Å². The van der Waals surface area contributed by atoms with Crippen LogP contribution in [0.15, 0.2) is 48.7 Å². The minimum atomic E-state index is -5.33. The van der Waals surface area contributed by atoms with Gasteiger partial charge in [-0.2, -0.15) is 18.3 Å². The Morgan fingerprint density at radius 1 is 1.15 bits per heavy atom. The maximum Gasteiger partial charge on any atom is 0.424 e. The number of rotatable bonds is 9. The highest BCUT2D eigenvalue weighted by atomic mass is 19.4. The minimum Gasteiger partial charge on any atom is -0.491 e. The van der Waals surface area contributed by atoms with Gasteiger partial charge < -0.3 is 20.9 Å². The number of halogens is 4. The fourth-order valence-electron chi connectivity index (χ4n) is 4.27. The summed E-state index contributed by atoms with van der Waals surface area (Å²) < 4.78 is 62.7. The predicted octanol–water partition coefficient (Wildman–Crippen LogP) is 3.68. The van der Waals surface area contributed by atoms with E-state index in [2.05, 4.69) is 20.5 Å². The van der Waals surface area contributed by atoms with Gasteiger partial charge in [-0.15, -0.1) is 0 Å². The average molecular weight is 560 g/mol. The molecule has 40 heavy (non-hydrogen) atoms. The van der Waals surface area contributed by atoms with E-state index in [9.17, 15) is 32.3 Å². The zero-order valence-electron chi connectivity index (χ0n) is 21.4. The smallest absolute Gasteiger partial charge is 0.424 e. The number of fused-ring (bicyclic) bond motifs is 1. The summed E-state index contributed by atoms with van der Waals surface area (Å²) >= 11 is 0. The van der Waals surface area contributed by atoms with E-state index >= 15 is 0 Å². The molecule has 5 N–H and O–H groups in total. The lowest BCUT2D eigenvalue weighted by molar-refractivity contribution is -0.265. The zero-order valence-corrected chi connectivity index (χ0v) is 21.4. The Morgan fingerprint density at radius 3 is 2.48 bits per heavy atom. The first kappa shape index (κ1) is 28.5. The Balaban J connectivity index is 1.81. The molecule has 0 fully saturated rings. The van der Waals surface area contributed by atoms with Gasteiger partial charge in [0, 0.05) is 22.1 Å². The van der Waals surface area contributed by atoms with Crippen molar-refractivity contribution in [1.29, 1.82) is 0 Å². The molecular formula is C27H25F4N5O4. The number of ether oxygens (including phenoxy) is 1. The number of nitrogens with two attached hydrogens (primary N) is 1. The van der Waals surface area contributed by atoms with Crippen molar-refractivity contribution >= 4 is 22.7 Å². The van der Waals surface area contributed by atoms with Crippen molar-refractivity contribution in [2.75, 3.05) is 13.2 Å². The van der Waals surface area contributed by atoms with Crippen molar-refractivity contribution in [3.05, 3.63) is 76.9 Å². The second-order valence-corrected chi connectivity index (χ2v) is 9.04. The van der Waals surface area contributed by atoms with Crippen molar-refractivity contribution in [3.8, 4) is 17.0 Å². The summed E-state index contributed by atoms with van der Waals surface area (Å²) in [6.07, 6.45) is -4.38. The third kappa shape index (κ3) is 5.45. The van der Waals surface area contributed by atoms with Gasteiger partial charge in [-0.25, -0.2) is 9.37 Å². The normalized spacial score (nSPS) is 13.2. The number of primary amides is 1. The molecule has 4 rings (SSSR count). The molecule has 0 aliphatic heterocycles. The number of nitrogens with zero attached hydrogens (tertiary/aromatic N) is 2. The summed E-state index contributed by atoms with van der Waals surface area (Å²) in [7, 11) is 0. The number of amides is 2. The Labute approximate surface area is 225 Å². The van der Waals surface area contributed by atoms with Crippen LogP contribution in [0.25, 0.3) is 22.2 Å². The molecule has 2 heterocycles. The van der Waals surface area contributed by atoms with Crippen molar-refractivity contribution in [2.24, 2.45) is 5.73 Å². The number of aliphatic hydroxyl groups is 1. The summed E-state index contributed by atoms with van der Waals surface area (Å²) in [6, 6.07) is 8.52. The number of aromatic nitrogens is 3. The molecule has 0 bridgehead atoms. The largest absolute Gasteiger partial charge is 0.491 e. The SMILES string of the molecule is CCOc1c(CC(N)=O)cc([C@@](O)(CNC(=O)c2ccc3[nH]ncc3c2C)C(F)(F)F)nc1-c1ccc(F)cc1. The molecule has 2 aromatic carbocycles. The number of aryl methyl sites for hydroxylation is 1. The maximum absolute atomic E-state index is 14.5. The summed E-state index contributed by atoms with van der Waals surface area (Å²) in [5.41, 5.74) is 1.83. The molecule has 4 aromatic rings. The quantitative estimate of drug-likeness (QED) is 0.231. The molecule has 13 heteroatoms. The molecule has 0 saturated heterocycles. The first-order valence-corrected chi connectivity index (χ1v) is 12.1. The van der Waals surface area contributed by atoms with E-state index in [-0.39, 0.29) is 34.7 Å². The second-order valence-electron chi connectivity index (χ2n) is 9.04. The highest BCUT2D eigenvalue weighted by Crippen LogP contribution is 2.42. The van der Waals surface area contributed by atoms with Gasteiger partial charge in [-0.05, 0) is 61.9 Å². The lowest BCUT2D eigenvalue weighted by Crippen LogP contribution is -2.51. The molecule has 0 spiro atoms. The number of nitrogens with one attached hydrogen (secondary N) is 2. The monoisotopic (exact) mass is 559 g/mol. The summed E-state index contributed by atoms with van der Waals surface area (Å²) in [6.45, 7) is 1.97. The molecule has 1 atom stereocenters. The standard InChI is InChI=1S/C27H25F4N5O4/c1-3-40-24-16(11-22(32)37)10-21(35-23(24)15-4-6-17(28)7-5-15)26(39,27(29,30)31)13-33-25(38)18-8-9-20-19(14(18)2)12-34-36-20/h4-10,12,39H,3,11,13H2,1-2H3,(H2,32,37)(H,33,38)(H,34,36)/t26-/m0/s1. The van der Waals surface area contributed by atoms with Gasteiger partial charge in [-0.1, -0.05) is 0 Å². The van der Waals surface area contributed by atoms with Crippen molar-refractivity contribution < 1.29 is 37.0 Å². The molecular weight excluding hydrogens is 534 g/mol. The molecule has 210 valence electrons. The summed E-state index contributed by atoms with van der Waals surface area (Å²) in [4.78, 5) is 28.8. The highest BCUT2D eigenvalue weighted by Gasteiger charge is 2.56. The van der Waals surface area contributed by atoms with Crippen molar-refractivity contribution in [3.63, 3.8) is 0 Å². The van der Waals surface area contributed by atoms with Gasteiger partial charge in [-0.3, -0.25) is 14.7 Å². The number of hydrogen-bond acceptors (Lipinski definition) is 6. The second kappa shape index (κ2) is 10.9. The van der Waals surface area contributed by atoms with Crippen LogP contribution in [0, 0.1) is 12.7 Å². The van der Waals surface area contributed by atoms with E-state index in [0.29, 0.717) is 16.5 Å². The number of H-pyrrole nitrogens is 1. The van der Waals surface area contributed by atoms with Gasteiger partial charge >= 0.3 is 6.18 Å². The van der Waals surface area contributed by atoms with E-state index < -0.39 is 48.1 Å². The summed E-state index contributed by atoms with van der Waals surface area (Å²) in [5, 5.41) is 20.5. The number of hydrogen-bond donors (Lipinski definition) is 4. The minimum absolute atomic E-state index is 0.0470. The van der Waals surface area contributed by atoms with Crippen LogP contribution in [0.1, 0.15) is 34.1 Å². The average Bonchev–Trinajstić information content (AvgIpc) is 3.38. The Morgan fingerprint density at radius 2 is 1.85 bits per heavy atom. The molecule has 0 unspecified atom stereocenters. The fourth-order valence-corrected chi connectivity index (χ4v) is 4.27. The number of carbonyl (C=O) groups is 2. The number of benzene rings is 2. The molecule has 0 saturated carbocycles. The summed E-state index contributed by atoms with van der Waals surface area (Å²) in [5.74, 6) is -2.40. The van der Waals surface area contributed by atoms with Crippen molar-refractivity contribution in [2.45, 2.75) is 32.0 Å². The van der Waals surface area contributed by atoms with Gasteiger partial charge in [0.25, 0.3) is 5.91 Å². The molecule has 0 aliphatic carbocycles. The maximum atomic E-state index is 14.5. The van der Waals surface area contributed by atoms with Crippen LogP contribution < -0.4 is 15.8 Å². The number of carbonyl (C=O) groups excluding carboxylic acids is 2. The van der Waals surface area contributed by atoms with Gasteiger partial charge in [0.05, 0.1) is 37.0 Å². The van der Waals surface area contributed by atoms with E-state index in [0.717, 1.165) is 18.2 Å². The number of alkyl halides is 3. The molecule has 2 aromatic heterocycles. The van der Waals surface area contributed by atoms with Crippen LogP contribution in [0.2, 0.25) is 0 Å². The van der Waals surface area contributed by atoms with Crippen LogP contribution >= 0.6 is 0 Å². The van der Waals surface area contributed by atoms with Crippen LogP contribution in [0.3, 0.4) is 0 Å². The molecule has 9 nitrogen and oxygen atoms in total. The van der Waals surface area contributed by atoms with E-state index in [4.69, 9.17) is 10.5 Å². The van der Waals surface area contributed by atoms with E-state index in [1.807, 2.05) is 0 Å². The zero-order chi connectivity index (χ0) is 29.2. The third-order valence-corrected chi connectivity index (χ3v) is 6.36. The van der Waals surface area contributed by atoms with E-state index in [1.165, 1.54) is 24.4 Å². The lowest BCUT2D eigenvalue weighted by Gasteiger charge is -2.31. The van der Waals surface area contributed by atoms with Gasteiger partial charge in [0.2, 0.25) is 11.5 Å². The highest BCUT2D eigenvalue weighted by molar-refractivity contribution is 6.00. The van der Waals surface area contributed by atoms with Gasteiger partial charge in [0.1, 0.15) is 17.3 Å². The fraction of sp³-hybridized carbons (Fsp3) is 0.259. The molecule has 0 radical (unpaired) electrons. The first-order valence-electron chi connectivity index (χ1n) is 12.1. The Bertz CT molecular complexity index is 1570. The Kier molecular flexibility index (Phi) is 7.78. The third-order valence-electron chi connectivity index (χ3n) is 6.36. The Hall–Kier alpha value is -4.52.